The number of hydrogen-bond acceptors (Lipinski definition) is 4. The number of rotatable bonds is 5. The van der Waals surface area contributed by atoms with E-state index in [0.717, 1.165) is 11.4 Å². The van der Waals surface area contributed by atoms with Gasteiger partial charge in [0.05, 0.1) is 17.6 Å². The third-order valence-corrected chi connectivity index (χ3v) is 2.63. The molecule has 1 amide bonds. The van der Waals surface area contributed by atoms with Gasteiger partial charge < -0.3 is 20.4 Å². The number of carbonyl (C=O) groups is 1. The number of nitrogens with one attached hydrogen (secondary N) is 3. The molecule has 1 heterocycles. The van der Waals surface area contributed by atoms with E-state index in [9.17, 15) is 4.79 Å². The van der Waals surface area contributed by atoms with Crippen molar-refractivity contribution in [3.05, 3.63) is 17.7 Å². The van der Waals surface area contributed by atoms with Gasteiger partial charge >= 0.3 is 6.09 Å². The zero-order valence-electron chi connectivity index (χ0n) is 13.3. The molecule has 0 aliphatic heterocycles. The number of ether oxygens (including phenoxy) is 1. The number of alkyl carbamates (subject to hydrolysis) is 1. The van der Waals surface area contributed by atoms with Crippen LogP contribution in [0.25, 0.3) is 0 Å². The Hall–Kier alpha value is -1.56. The van der Waals surface area contributed by atoms with E-state index in [0.29, 0.717) is 13.1 Å². The van der Waals surface area contributed by atoms with Gasteiger partial charge in [0.2, 0.25) is 0 Å². The van der Waals surface area contributed by atoms with Crippen LogP contribution >= 0.6 is 0 Å². The molecule has 0 aromatic carbocycles. The Balaban J connectivity index is 2.38. The predicted molar refractivity (Wildman–Crippen MR) is 78.5 cm³/mol. The summed E-state index contributed by atoms with van der Waals surface area (Å²) in [6.07, 6.45) is 1.27. The number of aromatic amines is 1. The van der Waals surface area contributed by atoms with Crippen LogP contribution in [0.4, 0.5) is 4.79 Å². The van der Waals surface area contributed by atoms with E-state index in [1.54, 1.807) is 6.33 Å². The smallest absolute Gasteiger partial charge is 0.408 e. The van der Waals surface area contributed by atoms with Crippen LogP contribution in [0, 0.1) is 6.92 Å². The lowest BCUT2D eigenvalue weighted by Crippen LogP contribution is -2.51. The zero-order valence-corrected chi connectivity index (χ0v) is 13.3. The molecule has 0 atom stereocenters. The van der Waals surface area contributed by atoms with Crippen molar-refractivity contribution in [2.24, 2.45) is 0 Å². The second kappa shape index (κ2) is 6.26. The molecule has 0 aliphatic carbocycles. The fourth-order valence-electron chi connectivity index (χ4n) is 1.68. The number of hydrogen-bond donors (Lipinski definition) is 3. The van der Waals surface area contributed by atoms with Gasteiger partial charge in [0.25, 0.3) is 0 Å². The van der Waals surface area contributed by atoms with Gasteiger partial charge in [-0.1, -0.05) is 0 Å². The highest BCUT2D eigenvalue weighted by Gasteiger charge is 2.24. The second-order valence-electron chi connectivity index (χ2n) is 6.59. The maximum Gasteiger partial charge on any atom is 0.408 e. The molecule has 20 heavy (non-hydrogen) atoms. The Morgan fingerprint density at radius 2 is 2.00 bits per heavy atom. The van der Waals surface area contributed by atoms with E-state index >= 15 is 0 Å². The number of imidazole rings is 1. The number of carbonyl (C=O) groups excluding carboxylic acids is 1. The Kier molecular flexibility index (Phi) is 5.16. The molecule has 0 saturated heterocycles. The van der Waals surface area contributed by atoms with Gasteiger partial charge in [0.15, 0.2) is 0 Å². The summed E-state index contributed by atoms with van der Waals surface area (Å²) in [4.78, 5) is 19.0. The molecule has 3 N–H and O–H groups in total. The topological polar surface area (TPSA) is 79.0 Å². The van der Waals surface area contributed by atoms with Crippen LogP contribution in [0.2, 0.25) is 0 Å². The van der Waals surface area contributed by atoms with Crippen LogP contribution < -0.4 is 10.6 Å². The fraction of sp³-hybridized carbons (Fsp3) is 0.714. The molecule has 0 fully saturated rings. The first-order valence-corrected chi connectivity index (χ1v) is 6.80. The van der Waals surface area contributed by atoms with Gasteiger partial charge in [-0.15, -0.1) is 0 Å². The molecule has 0 radical (unpaired) electrons. The second-order valence-corrected chi connectivity index (χ2v) is 6.59. The number of aromatic nitrogens is 2. The minimum atomic E-state index is -0.486. The molecular weight excluding hydrogens is 256 g/mol. The maximum absolute atomic E-state index is 11.7. The van der Waals surface area contributed by atoms with Crippen molar-refractivity contribution in [3.63, 3.8) is 0 Å². The predicted octanol–water partition coefficient (Wildman–Crippen LogP) is 2.11. The molecule has 0 unspecified atom stereocenters. The standard InChI is InChI=1S/C14H26N4O2/c1-10-11(17-9-16-10)7-15-8-14(5,6)18-12(19)20-13(2,3)4/h9,15H,7-8H2,1-6H3,(H,16,17)(H,18,19). The lowest BCUT2D eigenvalue weighted by molar-refractivity contribution is 0.0472. The first-order valence-electron chi connectivity index (χ1n) is 6.80. The van der Waals surface area contributed by atoms with E-state index in [1.165, 1.54) is 0 Å². The Morgan fingerprint density at radius 1 is 1.35 bits per heavy atom. The van der Waals surface area contributed by atoms with Gasteiger partial charge in [-0.05, 0) is 41.5 Å². The molecule has 114 valence electrons. The van der Waals surface area contributed by atoms with Crippen molar-refractivity contribution in [1.82, 2.24) is 20.6 Å². The third kappa shape index (κ3) is 6.06. The molecule has 6 heteroatoms. The summed E-state index contributed by atoms with van der Waals surface area (Å²) < 4.78 is 5.25. The van der Waals surface area contributed by atoms with Crippen molar-refractivity contribution in [2.45, 2.75) is 59.2 Å². The van der Waals surface area contributed by atoms with Crippen LogP contribution in [-0.2, 0) is 11.3 Å². The minimum absolute atomic E-state index is 0.396. The molecule has 0 bridgehead atoms. The summed E-state index contributed by atoms with van der Waals surface area (Å²) in [5, 5.41) is 6.14. The summed E-state index contributed by atoms with van der Waals surface area (Å²) in [6, 6.07) is 0. The van der Waals surface area contributed by atoms with Gasteiger partial charge in [0.1, 0.15) is 5.60 Å². The zero-order chi connectivity index (χ0) is 15.4. The van der Waals surface area contributed by atoms with Crippen LogP contribution in [-0.4, -0.2) is 33.7 Å². The first-order chi connectivity index (χ1) is 9.09. The number of aryl methyl sites for hydroxylation is 1. The van der Waals surface area contributed by atoms with Crippen molar-refractivity contribution in [1.29, 1.82) is 0 Å². The van der Waals surface area contributed by atoms with E-state index < -0.39 is 17.2 Å². The number of nitrogens with zero attached hydrogens (tertiary/aromatic N) is 1. The quantitative estimate of drug-likeness (QED) is 0.773. The molecule has 1 aromatic heterocycles. The number of amides is 1. The van der Waals surface area contributed by atoms with Gasteiger partial charge in [-0.2, -0.15) is 0 Å². The highest BCUT2D eigenvalue weighted by molar-refractivity contribution is 5.68. The highest BCUT2D eigenvalue weighted by atomic mass is 16.6. The Bertz CT molecular complexity index is 446. The average Bonchev–Trinajstić information content (AvgIpc) is 2.60. The summed E-state index contributed by atoms with van der Waals surface area (Å²) in [6.45, 7) is 12.7. The third-order valence-electron chi connectivity index (χ3n) is 2.63. The maximum atomic E-state index is 11.7. The van der Waals surface area contributed by atoms with Crippen LogP contribution in [0.5, 0.6) is 0 Å². The van der Waals surface area contributed by atoms with E-state index in [4.69, 9.17) is 4.74 Å². The van der Waals surface area contributed by atoms with Crippen molar-refractivity contribution >= 4 is 6.09 Å². The summed E-state index contributed by atoms with van der Waals surface area (Å²) in [5.74, 6) is 0. The molecule has 0 aliphatic rings. The van der Waals surface area contributed by atoms with E-state index in [1.807, 2.05) is 41.5 Å². The Morgan fingerprint density at radius 3 is 2.50 bits per heavy atom. The fourth-order valence-corrected chi connectivity index (χ4v) is 1.68. The molecular formula is C14H26N4O2. The Labute approximate surface area is 120 Å². The normalized spacial score (nSPS) is 12.3. The molecule has 1 aromatic rings. The first kappa shape index (κ1) is 16.5. The molecule has 1 rings (SSSR count). The molecule has 6 nitrogen and oxygen atoms in total. The van der Waals surface area contributed by atoms with Gasteiger partial charge in [-0.25, -0.2) is 9.78 Å². The van der Waals surface area contributed by atoms with Crippen LogP contribution in [0.1, 0.15) is 46.0 Å². The lowest BCUT2D eigenvalue weighted by atomic mass is 10.1. The van der Waals surface area contributed by atoms with Gasteiger partial charge in [0, 0.05) is 18.8 Å². The molecule has 0 spiro atoms. The molecule has 0 saturated carbocycles. The minimum Gasteiger partial charge on any atom is -0.444 e. The monoisotopic (exact) mass is 282 g/mol. The van der Waals surface area contributed by atoms with Gasteiger partial charge in [-0.3, -0.25) is 0 Å². The average molecular weight is 282 g/mol. The van der Waals surface area contributed by atoms with Crippen molar-refractivity contribution in [2.75, 3.05) is 6.54 Å². The summed E-state index contributed by atoms with van der Waals surface area (Å²) >= 11 is 0. The van der Waals surface area contributed by atoms with Crippen molar-refractivity contribution in [3.8, 4) is 0 Å². The largest absolute Gasteiger partial charge is 0.444 e. The summed E-state index contributed by atoms with van der Waals surface area (Å²) in [7, 11) is 0. The highest BCUT2D eigenvalue weighted by Crippen LogP contribution is 2.09. The van der Waals surface area contributed by atoms with Crippen LogP contribution in [0.15, 0.2) is 6.33 Å². The SMILES string of the molecule is Cc1[nH]cnc1CNCC(C)(C)NC(=O)OC(C)(C)C. The lowest BCUT2D eigenvalue weighted by Gasteiger charge is -2.28. The van der Waals surface area contributed by atoms with Crippen LogP contribution in [0.3, 0.4) is 0 Å². The number of H-pyrrole nitrogens is 1. The summed E-state index contributed by atoms with van der Waals surface area (Å²) in [5.41, 5.74) is 1.15. The van der Waals surface area contributed by atoms with E-state index in [-0.39, 0.29) is 0 Å². The van der Waals surface area contributed by atoms with E-state index in [2.05, 4.69) is 20.6 Å². The van der Waals surface area contributed by atoms with Crippen molar-refractivity contribution < 1.29 is 9.53 Å².